The maximum Gasteiger partial charge on any atom is 0.227 e. The van der Waals surface area contributed by atoms with Crippen LogP contribution in [0.15, 0.2) is 49.1 Å². The van der Waals surface area contributed by atoms with Crippen LogP contribution in [0.3, 0.4) is 0 Å². The van der Waals surface area contributed by atoms with Crippen LogP contribution in [0, 0.1) is 11.8 Å². The van der Waals surface area contributed by atoms with Crippen molar-refractivity contribution in [3.05, 3.63) is 65.5 Å². The number of halogens is 1. The fourth-order valence-corrected chi connectivity index (χ4v) is 5.51. The van der Waals surface area contributed by atoms with Crippen molar-refractivity contribution < 1.29 is 4.79 Å². The molecule has 0 unspecified atom stereocenters. The third kappa shape index (κ3) is 4.06. The summed E-state index contributed by atoms with van der Waals surface area (Å²) in [5.74, 6) is 0.852. The van der Waals surface area contributed by atoms with E-state index in [9.17, 15) is 4.79 Å². The second-order valence-corrected chi connectivity index (χ2v) is 8.88. The Morgan fingerprint density at radius 2 is 2.10 bits per heavy atom. The lowest BCUT2D eigenvalue weighted by Crippen LogP contribution is -2.49. The molecule has 1 amide bonds. The number of piperidine rings is 1. The molecule has 5 heteroatoms. The maximum atomic E-state index is 13.6. The molecule has 1 aromatic heterocycles. The van der Waals surface area contributed by atoms with Gasteiger partial charge in [-0.1, -0.05) is 54.6 Å². The van der Waals surface area contributed by atoms with E-state index in [1.54, 1.807) is 6.08 Å². The molecule has 29 heavy (non-hydrogen) atoms. The monoisotopic (exact) mass is 411 g/mol. The molecule has 2 atom stereocenters. The molecule has 1 aliphatic carbocycles. The zero-order chi connectivity index (χ0) is 20.3. The predicted molar refractivity (Wildman–Crippen MR) is 118 cm³/mol. The van der Waals surface area contributed by atoms with Crippen LogP contribution in [0.5, 0.6) is 0 Å². The molecule has 2 saturated heterocycles. The van der Waals surface area contributed by atoms with Crippen molar-refractivity contribution in [1.29, 1.82) is 0 Å². The molecule has 1 N–H and O–H groups in total. The number of rotatable bonds is 4. The summed E-state index contributed by atoms with van der Waals surface area (Å²) < 4.78 is 0. The van der Waals surface area contributed by atoms with E-state index in [0.717, 1.165) is 64.0 Å². The molecule has 0 bridgehead atoms. The van der Waals surface area contributed by atoms with E-state index < -0.39 is 0 Å². The molecule has 2 fully saturated rings. The number of nitrogens with zero attached hydrogens (tertiary/aromatic N) is 2. The molecule has 154 valence electrons. The minimum atomic E-state index is -0.130. The van der Waals surface area contributed by atoms with Gasteiger partial charge in [0.05, 0.1) is 5.92 Å². The summed E-state index contributed by atoms with van der Waals surface area (Å²) in [6, 6.07) is 4.00. The van der Waals surface area contributed by atoms with Gasteiger partial charge in [-0.3, -0.25) is 4.79 Å². The van der Waals surface area contributed by atoms with E-state index in [4.69, 9.17) is 11.6 Å². The average molecular weight is 412 g/mol. The molecule has 3 aliphatic rings. The van der Waals surface area contributed by atoms with Gasteiger partial charge < -0.3 is 10.2 Å². The fourth-order valence-electron chi connectivity index (χ4n) is 5.35. The molecule has 3 heterocycles. The SMILES string of the molecule is C=C/C=C\C=C\C1CCN(C(=O)[C@@H]2CNC[C@]23CCCc2nc(Cl)ccc23)CC1. The minimum Gasteiger partial charge on any atom is -0.342 e. The van der Waals surface area contributed by atoms with Gasteiger partial charge >= 0.3 is 0 Å². The van der Waals surface area contributed by atoms with E-state index in [-0.39, 0.29) is 11.3 Å². The highest BCUT2D eigenvalue weighted by molar-refractivity contribution is 6.29. The zero-order valence-electron chi connectivity index (χ0n) is 16.9. The summed E-state index contributed by atoms with van der Waals surface area (Å²) in [6.45, 7) is 6.99. The number of likely N-dealkylation sites (tertiary alicyclic amines) is 1. The minimum absolute atomic E-state index is 0.00728. The summed E-state index contributed by atoms with van der Waals surface area (Å²) in [7, 11) is 0. The molecular formula is C24H30ClN3O. The Morgan fingerprint density at radius 3 is 2.90 bits per heavy atom. The second-order valence-electron chi connectivity index (χ2n) is 8.49. The third-order valence-corrected chi connectivity index (χ3v) is 7.07. The van der Waals surface area contributed by atoms with Gasteiger partial charge in [0.15, 0.2) is 0 Å². The smallest absolute Gasteiger partial charge is 0.227 e. The van der Waals surface area contributed by atoms with Crippen molar-refractivity contribution in [1.82, 2.24) is 15.2 Å². The lowest BCUT2D eigenvalue weighted by atomic mass is 9.65. The molecule has 0 saturated carbocycles. The van der Waals surface area contributed by atoms with Gasteiger partial charge in [-0.25, -0.2) is 4.98 Å². The number of pyridine rings is 1. The number of allylic oxidation sites excluding steroid dienone is 5. The molecule has 4 nitrogen and oxygen atoms in total. The number of aryl methyl sites for hydroxylation is 1. The summed E-state index contributed by atoms with van der Waals surface area (Å²) in [5.41, 5.74) is 2.19. The van der Waals surface area contributed by atoms with Gasteiger partial charge in [-0.15, -0.1) is 0 Å². The molecular weight excluding hydrogens is 382 g/mol. The Balaban J connectivity index is 1.47. The van der Waals surface area contributed by atoms with Crippen LogP contribution in [0.1, 0.15) is 36.9 Å². The van der Waals surface area contributed by atoms with Crippen molar-refractivity contribution in [3.8, 4) is 0 Å². The number of hydrogen-bond donors (Lipinski definition) is 1. The molecule has 0 aromatic carbocycles. The van der Waals surface area contributed by atoms with E-state index >= 15 is 0 Å². The van der Waals surface area contributed by atoms with Crippen molar-refractivity contribution in [2.24, 2.45) is 11.8 Å². The number of carbonyl (C=O) groups is 1. The molecule has 1 spiro atoms. The molecule has 2 aliphatic heterocycles. The number of nitrogens with one attached hydrogen (secondary N) is 1. The van der Waals surface area contributed by atoms with Crippen LogP contribution in [-0.2, 0) is 16.6 Å². The Hall–Kier alpha value is -1.91. The van der Waals surface area contributed by atoms with Crippen LogP contribution in [0.4, 0.5) is 0 Å². The van der Waals surface area contributed by atoms with Crippen molar-refractivity contribution in [3.63, 3.8) is 0 Å². The summed E-state index contributed by atoms with van der Waals surface area (Å²) in [5, 5.41) is 4.07. The first kappa shape index (κ1) is 20.4. The van der Waals surface area contributed by atoms with Gasteiger partial charge in [0.2, 0.25) is 5.91 Å². The predicted octanol–water partition coefficient (Wildman–Crippen LogP) is 4.07. The molecule has 1 aromatic rings. The van der Waals surface area contributed by atoms with E-state index in [1.807, 2.05) is 18.2 Å². The van der Waals surface area contributed by atoms with Crippen molar-refractivity contribution >= 4 is 17.5 Å². The standard InChI is InChI=1S/C24H30ClN3O/c1-2-3-4-5-7-18-11-14-28(15-12-18)23(29)20-16-26-17-24(20)13-6-8-21-19(24)9-10-22(25)27-21/h2-5,7,9-10,18,20,26H,1,6,8,11-17H2/b4-3-,7-5+/t20-,24-/m0/s1. The topological polar surface area (TPSA) is 45.2 Å². The zero-order valence-corrected chi connectivity index (χ0v) is 17.7. The quantitative estimate of drug-likeness (QED) is 0.600. The van der Waals surface area contributed by atoms with Crippen LogP contribution in [0.25, 0.3) is 0 Å². The molecule has 0 radical (unpaired) electrons. The Kier molecular flexibility index (Phi) is 6.21. The second kappa shape index (κ2) is 8.85. The van der Waals surface area contributed by atoms with E-state index in [2.05, 4.69) is 40.0 Å². The highest BCUT2D eigenvalue weighted by Crippen LogP contribution is 2.45. The van der Waals surface area contributed by atoms with Crippen LogP contribution >= 0.6 is 11.6 Å². The number of fused-ring (bicyclic) bond motifs is 2. The average Bonchev–Trinajstić information content (AvgIpc) is 3.15. The van der Waals surface area contributed by atoms with Gasteiger partial charge in [0.25, 0.3) is 0 Å². The lowest BCUT2D eigenvalue weighted by Gasteiger charge is -2.41. The normalized spacial score (nSPS) is 27.8. The fraction of sp³-hybridized carbons (Fsp3) is 0.500. The number of aromatic nitrogens is 1. The van der Waals surface area contributed by atoms with Crippen LogP contribution in [-0.4, -0.2) is 42.0 Å². The van der Waals surface area contributed by atoms with Gasteiger partial charge in [0, 0.05) is 37.3 Å². The highest BCUT2D eigenvalue weighted by Gasteiger charge is 2.51. The van der Waals surface area contributed by atoms with Gasteiger partial charge in [-0.05, 0) is 49.7 Å². The first-order chi connectivity index (χ1) is 14.1. The van der Waals surface area contributed by atoms with Crippen LogP contribution < -0.4 is 5.32 Å². The van der Waals surface area contributed by atoms with Crippen molar-refractivity contribution in [2.75, 3.05) is 26.2 Å². The molecule has 4 rings (SSSR count). The Bertz CT molecular complexity index is 825. The van der Waals surface area contributed by atoms with E-state index in [0.29, 0.717) is 17.0 Å². The van der Waals surface area contributed by atoms with Crippen LogP contribution in [0.2, 0.25) is 5.15 Å². The Labute approximate surface area is 178 Å². The Morgan fingerprint density at radius 1 is 1.28 bits per heavy atom. The largest absolute Gasteiger partial charge is 0.342 e. The van der Waals surface area contributed by atoms with Gasteiger partial charge in [0.1, 0.15) is 5.15 Å². The maximum absolute atomic E-state index is 13.6. The summed E-state index contributed by atoms with van der Waals surface area (Å²) >= 11 is 6.14. The number of amides is 1. The lowest BCUT2D eigenvalue weighted by molar-refractivity contribution is -0.138. The summed E-state index contributed by atoms with van der Waals surface area (Å²) in [4.78, 5) is 20.2. The summed E-state index contributed by atoms with van der Waals surface area (Å²) in [6.07, 6.45) is 15.2. The third-order valence-electron chi connectivity index (χ3n) is 6.86. The number of carbonyl (C=O) groups excluding carboxylic acids is 1. The number of hydrogen-bond acceptors (Lipinski definition) is 3. The first-order valence-electron chi connectivity index (χ1n) is 10.8. The van der Waals surface area contributed by atoms with Crippen molar-refractivity contribution in [2.45, 2.75) is 37.5 Å². The van der Waals surface area contributed by atoms with E-state index in [1.165, 1.54) is 5.56 Å². The van der Waals surface area contributed by atoms with Gasteiger partial charge in [-0.2, -0.15) is 0 Å². The highest BCUT2D eigenvalue weighted by atomic mass is 35.5. The first-order valence-corrected chi connectivity index (χ1v) is 11.1.